The molecule has 0 aromatic heterocycles. The zero-order valence-corrected chi connectivity index (χ0v) is 11.7. The average molecular weight is 281 g/mol. The van der Waals surface area contributed by atoms with Crippen LogP contribution in [0.2, 0.25) is 0 Å². The Morgan fingerprint density at radius 1 is 1.53 bits per heavy atom. The number of amidine groups is 1. The molecule has 1 aliphatic rings. The highest BCUT2D eigenvalue weighted by molar-refractivity contribution is 7.98. The zero-order chi connectivity index (χ0) is 13.8. The number of hydrogen-bond donors (Lipinski definition) is 3. The quantitative estimate of drug-likeness (QED) is 0.257. The van der Waals surface area contributed by atoms with Gasteiger partial charge in [0.05, 0.1) is 11.7 Å². The molecule has 6 heteroatoms. The molecule has 0 bridgehead atoms. The van der Waals surface area contributed by atoms with E-state index in [2.05, 4.69) is 10.1 Å². The molecule has 104 valence electrons. The first-order valence-corrected chi connectivity index (χ1v) is 7.47. The van der Waals surface area contributed by atoms with Crippen molar-refractivity contribution in [3.05, 3.63) is 23.8 Å². The summed E-state index contributed by atoms with van der Waals surface area (Å²) in [5.41, 5.74) is 7.47. The van der Waals surface area contributed by atoms with E-state index in [0.29, 0.717) is 6.54 Å². The highest BCUT2D eigenvalue weighted by Gasteiger charge is 2.22. The van der Waals surface area contributed by atoms with Gasteiger partial charge in [-0.2, -0.15) is 0 Å². The first kappa shape index (κ1) is 14.0. The summed E-state index contributed by atoms with van der Waals surface area (Å²) in [6.45, 7) is 1.46. The van der Waals surface area contributed by atoms with Gasteiger partial charge in [0.2, 0.25) is 0 Å². The second-order valence-electron chi connectivity index (χ2n) is 4.58. The van der Waals surface area contributed by atoms with Gasteiger partial charge in [0.15, 0.2) is 5.84 Å². The lowest BCUT2D eigenvalue weighted by Crippen LogP contribution is -2.39. The third kappa shape index (κ3) is 2.96. The largest absolute Gasteiger partial charge is 0.409 e. The van der Waals surface area contributed by atoms with Crippen molar-refractivity contribution in [1.82, 2.24) is 0 Å². The number of β-amino-alcohol motifs (C(OH)–C–C–N with tert-alkyl or cyclic N) is 1. The molecule has 1 aromatic rings. The second-order valence-corrected chi connectivity index (χ2v) is 5.43. The smallest absolute Gasteiger partial charge is 0.173 e. The lowest BCUT2D eigenvalue weighted by molar-refractivity contribution is 0.154. The summed E-state index contributed by atoms with van der Waals surface area (Å²) in [5.74, 6) is 0.111. The van der Waals surface area contributed by atoms with Gasteiger partial charge in [0.1, 0.15) is 0 Å². The highest BCUT2D eigenvalue weighted by Crippen LogP contribution is 2.31. The van der Waals surface area contributed by atoms with E-state index < -0.39 is 0 Å². The van der Waals surface area contributed by atoms with Gasteiger partial charge in [0, 0.05) is 23.7 Å². The van der Waals surface area contributed by atoms with Gasteiger partial charge in [-0.3, -0.25) is 0 Å². The lowest BCUT2D eigenvalue weighted by atomic mass is 10.0. The number of piperidine rings is 1. The van der Waals surface area contributed by atoms with Crippen LogP contribution in [0, 0.1) is 0 Å². The molecule has 1 fully saturated rings. The van der Waals surface area contributed by atoms with E-state index in [1.54, 1.807) is 11.8 Å². The molecule has 1 heterocycles. The van der Waals surface area contributed by atoms with E-state index in [-0.39, 0.29) is 11.9 Å². The number of oxime groups is 1. The summed E-state index contributed by atoms with van der Waals surface area (Å²) in [6.07, 6.45) is 3.42. The minimum atomic E-state index is -0.313. The number of thioether (sulfide) groups is 1. The summed E-state index contributed by atoms with van der Waals surface area (Å²) in [4.78, 5) is 3.06. The Labute approximate surface area is 117 Å². The number of nitrogens with two attached hydrogens (primary N) is 1. The molecule has 0 spiro atoms. The summed E-state index contributed by atoms with van der Waals surface area (Å²) in [6, 6.07) is 5.85. The fourth-order valence-electron chi connectivity index (χ4n) is 2.43. The molecule has 0 saturated carbocycles. The predicted molar refractivity (Wildman–Crippen MR) is 78.2 cm³/mol. The molecule has 1 atom stereocenters. The lowest BCUT2D eigenvalue weighted by Gasteiger charge is -2.33. The molecule has 1 saturated heterocycles. The first-order valence-electron chi connectivity index (χ1n) is 6.25. The topological polar surface area (TPSA) is 82.1 Å². The van der Waals surface area contributed by atoms with Crippen LogP contribution >= 0.6 is 11.8 Å². The van der Waals surface area contributed by atoms with Crippen molar-refractivity contribution in [3.63, 3.8) is 0 Å². The van der Waals surface area contributed by atoms with E-state index in [1.807, 2.05) is 24.5 Å². The van der Waals surface area contributed by atoms with Gasteiger partial charge in [-0.25, -0.2) is 0 Å². The number of benzene rings is 1. The Morgan fingerprint density at radius 3 is 2.95 bits per heavy atom. The van der Waals surface area contributed by atoms with Crippen LogP contribution in [0.3, 0.4) is 0 Å². The Bertz CT molecular complexity index is 479. The van der Waals surface area contributed by atoms with Crippen LogP contribution in [-0.4, -0.2) is 41.6 Å². The third-order valence-electron chi connectivity index (χ3n) is 3.33. The van der Waals surface area contributed by atoms with Crippen molar-refractivity contribution < 1.29 is 10.3 Å². The molecule has 4 N–H and O–H groups in total. The summed E-state index contributed by atoms with van der Waals surface area (Å²) in [5, 5.41) is 21.9. The van der Waals surface area contributed by atoms with Crippen LogP contribution < -0.4 is 10.6 Å². The maximum absolute atomic E-state index is 9.80. The molecular weight excluding hydrogens is 262 g/mol. The number of anilines is 1. The van der Waals surface area contributed by atoms with Crippen LogP contribution in [-0.2, 0) is 0 Å². The van der Waals surface area contributed by atoms with Crippen molar-refractivity contribution in [3.8, 4) is 0 Å². The van der Waals surface area contributed by atoms with Crippen LogP contribution in [0.1, 0.15) is 18.4 Å². The van der Waals surface area contributed by atoms with Crippen LogP contribution in [0.5, 0.6) is 0 Å². The number of rotatable bonds is 3. The Balaban J connectivity index is 2.44. The first-order chi connectivity index (χ1) is 9.17. The molecule has 0 radical (unpaired) electrons. The fourth-order valence-corrected chi connectivity index (χ4v) is 3.06. The maximum Gasteiger partial charge on any atom is 0.173 e. The molecule has 1 unspecified atom stereocenters. The summed E-state index contributed by atoms with van der Waals surface area (Å²) >= 11 is 1.56. The fraction of sp³-hybridized carbons (Fsp3) is 0.462. The van der Waals surface area contributed by atoms with Crippen molar-refractivity contribution in [2.45, 2.75) is 23.8 Å². The van der Waals surface area contributed by atoms with Gasteiger partial charge in [-0.1, -0.05) is 11.2 Å². The second kappa shape index (κ2) is 6.16. The number of aliphatic hydroxyl groups excluding tert-OH is 1. The molecule has 2 rings (SSSR count). The molecule has 1 aliphatic heterocycles. The number of nitrogens with zero attached hydrogens (tertiary/aromatic N) is 2. The molecule has 0 aliphatic carbocycles. The minimum absolute atomic E-state index is 0.111. The van der Waals surface area contributed by atoms with Gasteiger partial charge >= 0.3 is 0 Å². The average Bonchev–Trinajstić information content (AvgIpc) is 2.45. The van der Waals surface area contributed by atoms with Gasteiger partial charge in [-0.05, 0) is 31.2 Å². The molecule has 19 heavy (non-hydrogen) atoms. The number of aliphatic hydroxyl groups is 1. The van der Waals surface area contributed by atoms with Gasteiger partial charge in [-0.15, -0.1) is 11.8 Å². The normalized spacial score (nSPS) is 20.6. The van der Waals surface area contributed by atoms with E-state index in [4.69, 9.17) is 10.9 Å². The third-order valence-corrected chi connectivity index (χ3v) is 4.11. The monoisotopic (exact) mass is 281 g/mol. The number of hydrogen-bond acceptors (Lipinski definition) is 5. The maximum atomic E-state index is 9.80. The molecule has 0 amide bonds. The Kier molecular flexibility index (Phi) is 4.55. The molecular formula is C13H19N3O2S. The van der Waals surface area contributed by atoms with Crippen molar-refractivity contribution in [1.29, 1.82) is 0 Å². The predicted octanol–water partition coefficient (Wildman–Crippen LogP) is 1.46. The van der Waals surface area contributed by atoms with E-state index in [1.165, 1.54) is 0 Å². The Hall–Kier alpha value is -1.40. The van der Waals surface area contributed by atoms with Crippen LogP contribution in [0.4, 0.5) is 5.69 Å². The van der Waals surface area contributed by atoms with E-state index in [9.17, 15) is 5.11 Å². The molecule has 1 aromatic carbocycles. The van der Waals surface area contributed by atoms with Gasteiger partial charge in [0.25, 0.3) is 0 Å². The zero-order valence-electron chi connectivity index (χ0n) is 10.9. The van der Waals surface area contributed by atoms with Crippen molar-refractivity contribution in [2.24, 2.45) is 10.9 Å². The minimum Gasteiger partial charge on any atom is -0.409 e. The van der Waals surface area contributed by atoms with E-state index in [0.717, 1.165) is 35.5 Å². The van der Waals surface area contributed by atoms with Crippen molar-refractivity contribution >= 4 is 23.3 Å². The highest BCUT2D eigenvalue weighted by atomic mass is 32.2. The van der Waals surface area contributed by atoms with Gasteiger partial charge < -0.3 is 20.9 Å². The summed E-state index contributed by atoms with van der Waals surface area (Å²) < 4.78 is 0. The standard InChI is InChI=1S/C13H19N3O2S/c1-19-11-6-2-5-10(12(11)13(14)15-18)16-7-3-4-9(17)8-16/h2,5-6,9,17-18H,3-4,7-8H2,1H3,(H2,14,15). The van der Waals surface area contributed by atoms with Crippen LogP contribution in [0.15, 0.2) is 28.3 Å². The SMILES string of the molecule is CSc1cccc(N2CCCC(O)C2)c1/C(N)=N/O. The van der Waals surface area contributed by atoms with E-state index >= 15 is 0 Å². The van der Waals surface area contributed by atoms with Crippen molar-refractivity contribution in [2.75, 3.05) is 24.2 Å². The molecule has 5 nitrogen and oxygen atoms in total. The Morgan fingerprint density at radius 2 is 2.32 bits per heavy atom. The van der Waals surface area contributed by atoms with Crippen LogP contribution in [0.25, 0.3) is 0 Å². The summed E-state index contributed by atoms with van der Waals surface area (Å²) in [7, 11) is 0.